The third kappa shape index (κ3) is 3.94. The maximum Gasteiger partial charge on any atom is 0.00449 e. The summed E-state index contributed by atoms with van der Waals surface area (Å²) in [6.45, 7) is 5.88. The summed E-state index contributed by atoms with van der Waals surface area (Å²) >= 11 is 5.29. The third-order valence-electron chi connectivity index (χ3n) is 0.870. The Morgan fingerprint density at radius 2 is 2.38 bits per heavy atom. The molecule has 0 aliphatic carbocycles. The van der Waals surface area contributed by atoms with E-state index >= 15 is 0 Å². The second-order valence-electron chi connectivity index (χ2n) is 1.70. The zero-order valence-corrected chi connectivity index (χ0v) is 5.91. The minimum atomic E-state index is 1.04. The molecule has 0 atom stereocenters. The first-order chi connectivity index (χ1) is 3.81. The summed E-state index contributed by atoms with van der Waals surface area (Å²) < 4.78 is 0. The zero-order valence-electron chi connectivity index (χ0n) is 5.15. The van der Waals surface area contributed by atoms with Crippen LogP contribution in [0.15, 0.2) is 23.8 Å². The number of hydrogen-bond donors (Lipinski definition) is 0. The van der Waals surface area contributed by atoms with Crippen molar-refractivity contribution >= 4 is 11.6 Å². The fraction of sp³-hybridized carbons (Fsp3) is 0.429. The van der Waals surface area contributed by atoms with Gasteiger partial charge in [-0.05, 0) is 12.5 Å². The molecule has 0 saturated heterocycles. The normalized spacial score (nSPS) is 10.2. The van der Waals surface area contributed by atoms with Crippen LogP contribution >= 0.6 is 11.6 Å². The van der Waals surface area contributed by atoms with Crippen molar-refractivity contribution < 1.29 is 0 Å². The molecule has 0 N–H and O–H groups in total. The highest BCUT2D eigenvalue weighted by Gasteiger charge is 1.81. The molecule has 0 unspecified atom stereocenters. The predicted molar refractivity (Wildman–Crippen MR) is 39.0 cm³/mol. The van der Waals surface area contributed by atoms with Gasteiger partial charge in [0.1, 0.15) is 0 Å². The van der Waals surface area contributed by atoms with E-state index in [2.05, 4.69) is 13.5 Å². The predicted octanol–water partition coefficient (Wildman–Crippen LogP) is 3.10. The van der Waals surface area contributed by atoms with Crippen molar-refractivity contribution in [2.24, 2.45) is 0 Å². The van der Waals surface area contributed by atoms with E-state index in [0.29, 0.717) is 0 Å². The van der Waals surface area contributed by atoms with Gasteiger partial charge < -0.3 is 0 Å². The lowest BCUT2D eigenvalue weighted by atomic mass is 10.2. The van der Waals surface area contributed by atoms with Crippen molar-refractivity contribution in [1.29, 1.82) is 0 Å². The van der Waals surface area contributed by atoms with Gasteiger partial charge in [-0.3, -0.25) is 0 Å². The van der Waals surface area contributed by atoms with Crippen LogP contribution in [0.5, 0.6) is 0 Å². The summed E-state index contributed by atoms with van der Waals surface area (Å²) in [7, 11) is 0. The summed E-state index contributed by atoms with van der Waals surface area (Å²) in [5, 5.41) is 0. The monoisotopic (exact) mass is 130 g/mol. The van der Waals surface area contributed by atoms with Crippen molar-refractivity contribution in [2.45, 2.75) is 19.8 Å². The molecule has 0 saturated carbocycles. The van der Waals surface area contributed by atoms with Crippen LogP contribution in [0.25, 0.3) is 0 Å². The first-order valence-corrected chi connectivity index (χ1v) is 3.19. The van der Waals surface area contributed by atoms with Crippen LogP contribution in [-0.2, 0) is 0 Å². The molecule has 1 heteroatoms. The van der Waals surface area contributed by atoms with Crippen molar-refractivity contribution in [2.75, 3.05) is 0 Å². The van der Waals surface area contributed by atoms with Crippen LogP contribution in [0.4, 0.5) is 0 Å². The Labute approximate surface area is 55.9 Å². The van der Waals surface area contributed by atoms with Crippen LogP contribution in [0.1, 0.15) is 19.8 Å². The highest BCUT2D eigenvalue weighted by molar-refractivity contribution is 6.25. The molecule has 0 bridgehead atoms. The summed E-state index contributed by atoms with van der Waals surface area (Å²) in [5.41, 5.74) is 2.60. The Morgan fingerprint density at radius 3 is 2.75 bits per heavy atom. The maximum atomic E-state index is 5.29. The van der Waals surface area contributed by atoms with E-state index in [1.54, 1.807) is 0 Å². The second kappa shape index (κ2) is 4.92. The summed E-state index contributed by atoms with van der Waals surface area (Å²) in [5.74, 6) is 0. The number of halogens is 1. The van der Waals surface area contributed by atoms with Gasteiger partial charge in [-0.1, -0.05) is 37.1 Å². The Kier molecular flexibility index (Phi) is 4.78. The lowest BCUT2D eigenvalue weighted by Crippen LogP contribution is -1.70. The highest BCUT2D eigenvalue weighted by atomic mass is 35.5. The quantitative estimate of drug-likeness (QED) is 0.515. The Hall–Kier alpha value is -0.230. The van der Waals surface area contributed by atoms with Gasteiger partial charge in [-0.25, -0.2) is 0 Å². The van der Waals surface area contributed by atoms with Crippen LogP contribution in [0.2, 0.25) is 0 Å². The molecule has 0 fully saturated rings. The Bertz CT molecular complexity index is 92.6. The van der Waals surface area contributed by atoms with Crippen LogP contribution in [0, 0.1) is 0 Å². The van der Waals surface area contributed by atoms with E-state index < -0.39 is 0 Å². The highest BCUT2D eigenvalue weighted by Crippen LogP contribution is 2.02. The molecule has 0 radical (unpaired) electrons. The lowest BCUT2D eigenvalue weighted by molar-refractivity contribution is 0.930. The van der Waals surface area contributed by atoms with E-state index in [4.69, 9.17) is 11.6 Å². The van der Waals surface area contributed by atoms with Gasteiger partial charge in [0.15, 0.2) is 0 Å². The molecule has 0 nitrogen and oxygen atoms in total. The van der Waals surface area contributed by atoms with E-state index in [9.17, 15) is 0 Å². The molecule has 0 spiro atoms. The maximum absolute atomic E-state index is 5.29. The third-order valence-corrected chi connectivity index (χ3v) is 0.996. The summed E-state index contributed by atoms with van der Waals surface area (Å²) in [6, 6.07) is 0. The molecule has 0 aromatic rings. The van der Waals surface area contributed by atoms with Crippen molar-refractivity contribution in [3.05, 3.63) is 23.8 Å². The number of hydrogen-bond acceptors (Lipinski definition) is 0. The van der Waals surface area contributed by atoms with Crippen LogP contribution in [-0.4, -0.2) is 0 Å². The average molecular weight is 131 g/mol. The smallest absolute Gasteiger partial charge is 0.00449 e. The van der Waals surface area contributed by atoms with E-state index in [-0.39, 0.29) is 0 Å². The Morgan fingerprint density at radius 1 is 1.75 bits per heavy atom. The van der Waals surface area contributed by atoms with Crippen molar-refractivity contribution in [3.63, 3.8) is 0 Å². The minimum Gasteiger partial charge on any atom is -0.0958 e. The summed E-state index contributed by atoms with van der Waals surface area (Å²) in [6.07, 6.45) is 4.01. The fourth-order valence-corrected chi connectivity index (χ4v) is 0.672. The summed E-state index contributed by atoms with van der Waals surface area (Å²) in [4.78, 5) is 0. The van der Waals surface area contributed by atoms with Gasteiger partial charge in [-0.2, -0.15) is 0 Å². The lowest BCUT2D eigenvalue weighted by Gasteiger charge is -1.90. The number of rotatable bonds is 3. The van der Waals surface area contributed by atoms with Gasteiger partial charge in [0.2, 0.25) is 0 Å². The van der Waals surface area contributed by atoms with Gasteiger partial charge in [-0.15, -0.1) is 0 Å². The van der Waals surface area contributed by atoms with Gasteiger partial charge in [0.05, 0.1) is 0 Å². The zero-order chi connectivity index (χ0) is 6.41. The van der Waals surface area contributed by atoms with Crippen molar-refractivity contribution in [3.8, 4) is 0 Å². The van der Waals surface area contributed by atoms with Gasteiger partial charge in [0.25, 0.3) is 0 Å². The second-order valence-corrected chi connectivity index (χ2v) is 1.95. The first-order valence-electron chi connectivity index (χ1n) is 2.75. The molecular weight excluding hydrogens is 120 g/mol. The van der Waals surface area contributed by atoms with Crippen LogP contribution < -0.4 is 0 Å². The molecule has 8 heavy (non-hydrogen) atoms. The average Bonchev–Trinajstić information content (AvgIpc) is 1.68. The molecule has 0 aromatic carbocycles. The molecule has 0 amide bonds. The molecule has 0 aromatic heterocycles. The molecule has 46 valence electrons. The fourth-order valence-electron chi connectivity index (χ4n) is 0.494. The standard InChI is InChI=1S/C7H11Cl/c1-3-4-7(2)5-6-8/h5-6H,2-4H2,1H3/b6-5+. The molecule has 0 heterocycles. The van der Waals surface area contributed by atoms with Gasteiger partial charge >= 0.3 is 0 Å². The van der Waals surface area contributed by atoms with Crippen molar-refractivity contribution in [1.82, 2.24) is 0 Å². The molecular formula is C7H11Cl. The largest absolute Gasteiger partial charge is 0.0958 e. The minimum absolute atomic E-state index is 1.04. The first kappa shape index (κ1) is 7.77. The molecule has 0 aliphatic heterocycles. The molecule has 0 rings (SSSR count). The topological polar surface area (TPSA) is 0 Å². The molecule has 0 aliphatic rings. The van der Waals surface area contributed by atoms with E-state index in [1.807, 2.05) is 6.08 Å². The SMILES string of the molecule is C=C(/C=C/Cl)CCC. The van der Waals surface area contributed by atoms with Crippen LogP contribution in [0.3, 0.4) is 0 Å². The van der Waals surface area contributed by atoms with E-state index in [1.165, 1.54) is 5.54 Å². The number of allylic oxidation sites excluding steroid dienone is 2. The van der Waals surface area contributed by atoms with Gasteiger partial charge in [0, 0.05) is 5.54 Å². The van der Waals surface area contributed by atoms with E-state index in [0.717, 1.165) is 18.4 Å². The Balaban J connectivity index is 3.33.